The van der Waals surface area contributed by atoms with Gasteiger partial charge in [-0.3, -0.25) is 0 Å². The second-order valence-electron chi connectivity index (χ2n) is 5.56. The van der Waals surface area contributed by atoms with E-state index in [0.717, 1.165) is 41.6 Å². The van der Waals surface area contributed by atoms with Crippen molar-refractivity contribution >= 4 is 15.9 Å². The number of aryl methyl sites for hydroxylation is 1. The molecule has 0 aliphatic heterocycles. The minimum Gasteiger partial charge on any atom is -0.339 e. The van der Waals surface area contributed by atoms with E-state index in [1.165, 1.54) is 5.56 Å². The van der Waals surface area contributed by atoms with Crippen LogP contribution < -0.4 is 5.73 Å². The molecule has 1 aromatic heterocycles. The molecule has 0 spiro atoms. The van der Waals surface area contributed by atoms with E-state index in [1.807, 2.05) is 12.1 Å². The molecule has 1 aromatic carbocycles. The molecule has 2 unspecified atom stereocenters. The highest BCUT2D eigenvalue weighted by Crippen LogP contribution is 2.33. The number of hydrogen-bond acceptors (Lipinski definition) is 4. The fraction of sp³-hybridized carbons (Fsp3) is 0.467. The van der Waals surface area contributed by atoms with E-state index in [0.29, 0.717) is 11.7 Å². The molecular formula is C15H18BrN3O. The number of halogens is 1. The van der Waals surface area contributed by atoms with E-state index in [-0.39, 0.29) is 6.04 Å². The van der Waals surface area contributed by atoms with Crippen molar-refractivity contribution in [2.45, 2.75) is 44.6 Å². The maximum Gasteiger partial charge on any atom is 0.230 e. The minimum atomic E-state index is 0.259. The zero-order chi connectivity index (χ0) is 14.1. The van der Waals surface area contributed by atoms with Gasteiger partial charge in [0.05, 0.1) is 0 Å². The first-order chi connectivity index (χ1) is 9.63. The monoisotopic (exact) mass is 335 g/mol. The van der Waals surface area contributed by atoms with E-state index >= 15 is 0 Å². The summed E-state index contributed by atoms with van der Waals surface area (Å²) >= 11 is 3.56. The van der Waals surface area contributed by atoms with Crippen LogP contribution in [0.2, 0.25) is 0 Å². The summed E-state index contributed by atoms with van der Waals surface area (Å²) in [5.41, 5.74) is 8.18. The van der Waals surface area contributed by atoms with Crippen LogP contribution in [0.3, 0.4) is 0 Å². The van der Waals surface area contributed by atoms with Crippen LogP contribution in [0.4, 0.5) is 0 Å². The van der Waals surface area contributed by atoms with Gasteiger partial charge in [0.15, 0.2) is 0 Å². The molecule has 0 radical (unpaired) electrons. The van der Waals surface area contributed by atoms with Crippen molar-refractivity contribution in [1.29, 1.82) is 0 Å². The largest absolute Gasteiger partial charge is 0.339 e. The molecule has 2 aromatic rings. The van der Waals surface area contributed by atoms with Crippen LogP contribution in [0.1, 0.15) is 43.1 Å². The third-order valence-electron chi connectivity index (χ3n) is 3.87. The first-order valence-corrected chi connectivity index (χ1v) is 7.78. The Kier molecular flexibility index (Phi) is 3.89. The Morgan fingerprint density at radius 1 is 1.35 bits per heavy atom. The summed E-state index contributed by atoms with van der Waals surface area (Å²) in [7, 11) is 0. The molecule has 1 aliphatic carbocycles. The Bertz CT molecular complexity index is 611. The number of nitrogens with zero attached hydrogens (tertiary/aromatic N) is 2. The Balaban J connectivity index is 1.86. The van der Waals surface area contributed by atoms with Crippen molar-refractivity contribution in [1.82, 2.24) is 10.1 Å². The van der Waals surface area contributed by atoms with Crippen LogP contribution in [0.15, 0.2) is 27.2 Å². The molecular weight excluding hydrogens is 318 g/mol. The maximum atomic E-state index is 6.02. The molecule has 3 rings (SSSR count). The topological polar surface area (TPSA) is 64.9 Å². The summed E-state index contributed by atoms with van der Waals surface area (Å²) < 4.78 is 6.45. The lowest BCUT2D eigenvalue weighted by molar-refractivity contribution is 0.299. The summed E-state index contributed by atoms with van der Waals surface area (Å²) in [6.45, 7) is 2.06. The van der Waals surface area contributed by atoms with Gasteiger partial charge in [-0.25, -0.2) is 0 Å². The van der Waals surface area contributed by atoms with Crippen molar-refractivity contribution in [2.75, 3.05) is 0 Å². The maximum absolute atomic E-state index is 6.02. The molecule has 1 aliphatic rings. The summed E-state index contributed by atoms with van der Waals surface area (Å²) in [5, 5.41) is 4.12. The molecule has 1 fully saturated rings. The summed E-state index contributed by atoms with van der Waals surface area (Å²) in [4.78, 5) is 4.57. The fourth-order valence-corrected chi connectivity index (χ4v) is 3.43. The van der Waals surface area contributed by atoms with Crippen molar-refractivity contribution in [3.8, 4) is 11.4 Å². The number of rotatable bonds is 2. The molecule has 0 saturated heterocycles. The van der Waals surface area contributed by atoms with Crippen LogP contribution in [0.5, 0.6) is 0 Å². The number of aromatic nitrogens is 2. The molecule has 4 nitrogen and oxygen atoms in total. The van der Waals surface area contributed by atoms with Gasteiger partial charge in [-0.15, -0.1) is 0 Å². The van der Waals surface area contributed by atoms with Gasteiger partial charge in [0.2, 0.25) is 11.7 Å². The molecule has 1 heterocycles. The third-order valence-corrected chi connectivity index (χ3v) is 4.53. The lowest BCUT2D eigenvalue weighted by Crippen LogP contribution is -2.26. The average Bonchev–Trinajstić information content (AvgIpc) is 2.88. The van der Waals surface area contributed by atoms with Crippen LogP contribution in [0.25, 0.3) is 11.4 Å². The number of nitrogens with two attached hydrogens (primary N) is 1. The summed E-state index contributed by atoms with van der Waals surface area (Å²) in [5.74, 6) is 1.68. The van der Waals surface area contributed by atoms with Gasteiger partial charge in [-0.2, -0.15) is 4.98 Å². The first-order valence-electron chi connectivity index (χ1n) is 6.99. The van der Waals surface area contributed by atoms with Gasteiger partial charge in [-0.05, 0) is 43.9 Å². The van der Waals surface area contributed by atoms with Crippen LogP contribution >= 0.6 is 15.9 Å². The van der Waals surface area contributed by atoms with Gasteiger partial charge < -0.3 is 10.3 Å². The van der Waals surface area contributed by atoms with Gasteiger partial charge in [0, 0.05) is 22.0 Å². The van der Waals surface area contributed by atoms with E-state index in [4.69, 9.17) is 10.3 Å². The predicted octanol–water partition coefficient (Wildman–Crippen LogP) is 3.79. The second-order valence-corrected chi connectivity index (χ2v) is 6.42. The molecule has 2 N–H and O–H groups in total. The Hall–Kier alpha value is -1.20. The van der Waals surface area contributed by atoms with E-state index < -0.39 is 0 Å². The number of hydrogen-bond donors (Lipinski definition) is 1. The van der Waals surface area contributed by atoms with Gasteiger partial charge >= 0.3 is 0 Å². The van der Waals surface area contributed by atoms with Gasteiger partial charge in [0.1, 0.15) is 0 Å². The molecule has 106 valence electrons. The molecule has 20 heavy (non-hydrogen) atoms. The van der Waals surface area contributed by atoms with Crippen molar-refractivity contribution in [3.05, 3.63) is 34.1 Å². The molecule has 0 bridgehead atoms. The van der Waals surface area contributed by atoms with E-state index in [9.17, 15) is 0 Å². The Morgan fingerprint density at radius 2 is 2.20 bits per heavy atom. The zero-order valence-electron chi connectivity index (χ0n) is 11.5. The standard InChI is InChI=1S/C15H18BrN3O/c1-9-5-6-12(13(16)7-9)14-18-15(20-19-14)10-3-2-4-11(17)8-10/h5-7,10-11H,2-4,8,17H2,1H3. The minimum absolute atomic E-state index is 0.259. The van der Waals surface area contributed by atoms with Crippen molar-refractivity contribution in [2.24, 2.45) is 5.73 Å². The highest BCUT2D eigenvalue weighted by atomic mass is 79.9. The predicted molar refractivity (Wildman–Crippen MR) is 81.4 cm³/mol. The highest BCUT2D eigenvalue weighted by molar-refractivity contribution is 9.10. The Labute approximate surface area is 126 Å². The second kappa shape index (κ2) is 5.66. The van der Waals surface area contributed by atoms with Gasteiger partial charge in [-0.1, -0.05) is 33.6 Å². The van der Waals surface area contributed by atoms with Crippen molar-refractivity contribution in [3.63, 3.8) is 0 Å². The summed E-state index contributed by atoms with van der Waals surface area (Å²) in [6, 6.07) is 6.38. The van der Waals surface area contributed by atoms with Gasteiger partial charge in [0.25, 0.3) is 0 Å². The van der Waals surface area contributed by atoms with Crippen LogP contribution in [-0.4, -0.2) is 16.2 Å². The molecule has 1 saturated carbocycles. The summed E-state index contributed by atoms with van der Waals surface area (Å²) in [6.07, 6.45) is 4.26. The average molecular weight is 336 g/mol. The highest BCUT2D eigenvalue weighted by Gasteiger charge is 2.26. The SMILES string of the molecule is Cc1ccc(-c2noc(C3CCCC(N)C3)n2)c(Br)c1. The fourth-order valence-electron chi connectivity index (χ4n) is 2.76. The smallest absolute Gasteiger partial charge is 0.230 e. The normalized spacial score (nSPS) is 22.9. The Morgan fingerprint density at radius 3 is 2.95 bits per heavy atom. The third kappa shape index (κ3) is 2.79. The number of benzene rings is 1. The quantitative estimate of drug-likeness (QED) is 0.906. The molecule has 5 heteroatoms. The van der Waals surface area contributed by atoms with Crippen LogP contribution in [-0.2, 0) is 0 Å². The zero-order valence-corrected chi connectivity index (χ0v) is 13.1. The van der Waals surface area contributed by atoms with E-state index in [2.05, 4.69) is 39.1 Å². The first kappa shape index (κ1) is 13.8. The van der Waals surface area contributed by atoms with Crippen molar-refractivity contribution < 1.29 is 4.52 Å². The van der Waals surface area contributed by atoms with E-state index in [1.54, 1.807) is 0 Å². The lowest BCUT2D eigenvalue weighted by atomic mass is 9.86. The molecule has 2 atom stereocenters. The lowest BCUT2D eigenvalue weighted by Gasteiger charge is -2.23. The molecule has 0 amide bonds. The van der Waals surface area contributed by atoms with Crippen LogP contribution in [0, 0.1) is 6.92 Å².